The number of hydrogen-bond donors (Lipinski definition) is 1. The zero-order valence-corrected chi connectivity index (χ0v) is 13.5. The molecule has 1 aliphatic rings. The van der Waals surface area contributed by atoms with Crippen molar-refractivity contribution in [3.63, 3.8) is 0 Å². The second-order valence-electron chi connectivity index (χ2n) is 5.43. The minimum atomic E-state index is 0.353. The monoisotopic (exact) mass is 292 g/mol. The van der Waals surface area contributed by atoms with Crippen molar-refractivity contribution in [2.24, 2.45) is 0 Å². The van der Waals surface area contributed by atoms with Gasteiger partial charge in [-0.25, -0.2) is 0 Å². The van der Waals surface area contributed by atoms with Gasteiger partial charge in [-0.1, -0.05) is 66.8 Å². The molecule has 2 heteroatoms. The molecule has 0 radical (unpaired) electrons. The van der Waals surface area contributed by atoms with E-state index in [4.69, 9.17) is 0 Å². The Morgan fingerprint density at radius 3 is 2.23 bits per heavy atom. The predicted octanol–water partition coefficient (Wildman–Crippen LogP) is 3.96. The summed E-state index contributed by atoms with van der Waals surface area (Å²) >= 11 is 0. The van der Waals surface area contributed by atoms with Gasteiger partial charge in [0.25, 0.3) is 0 Å². The van der Waals surface area contributed by atoms with Crippen LogP contribution in [-0.4, -0.2) is 27.2 Å². The van der Waals surface area contributed by atoms with Crippen LogP contribution in [0.25, 0.3) is 6.08 Å². The molecule has 1 aromatic carbocycles. The third-order valence-corrected chi connectivity index (χ3v) is 3.53. The summed E-state index contributed by atoms with van der Waals surface area (Å²) in [5, 5.41) is 3.20. The zero-order valence-electron chi connectivity index (χ0n) is 13.5. The number of benzene rings is 1. The van der Waals surface area contributed by atoms with Crippen LogP contribution in [0, 0.1) is 0 Å². The number of hydrogen-bond acceptors (Lipinski definition) is 2. The Bertz CT molecular complexity index is 598. The van der Waals surface area contributed by atoms with E-state index in [1.54, 1.807) is 0 Å². The summed E-state index contributed by atoms with van der Waals surface area (Å²) < 4.78 is 0. The SMILES string of the molecule is CNC1C=CC(=C/C=C/C=C/c2ccc(N(C)C)cc2)C=C1. The Hall–Kier alpha value is -2.32. The quantitative estimate of drug-likeness (QED) is 0.826. The molecule has 0 spiro atoms. The molecule has 0 unspecified atom stereocenters. The molecular formula is C20H24N2. The Kier molecular flexibility index (Phi) is 5.99. The number of rotatable bonds is 5. The van der Waals surface area contributed by atoms with Crippen LogP contribution in [0.15, 0.2) is 78.4 Å². The predicted molar refractivity (Wildman–Crippen MR) is 98.2 cm³/mol. The normalized spacial score (nSPS) is 17.6. The number of likely N-dealkylation sites (N-methyl/N-ethyl adjacent to an activating group) is 1. The van der Waals surface area contributed by atoms with Crippen LogP contribution in [0.5, 0.6) is 0 Å². The van der Waals surface area contributed by atoms with E-state index in [-0.39, 0.29) is 0 Å². The maximum absolute atomic E-state index is 3.20. The third kappa shape index (κ3) is 4.90. The molecular weight excluding hydrogens is 268 g/mol. The molecule has 1 N–H and O–H groups in total. The first-order valence-electron chi connectivity index (χ1n) is 7.55. The lowest BCUT2D eigenvalue weighted by molar-refractivity contribution is 0.786. The number of anilines is 1. The van der Waals surface area contributed by atoms with Gasteiger partial charge in [0.05, 0.1) is 0 Å². The summed E-state index contributed by atoms with van der Waals surface area (Å²) in [7, 11) is 6.06. The van der Waals surface area contributed by atoms with Crippen molar-refractivity contribution in [2.45, 2.75) is 6.04 Å². The van der Waals surface area contributed by atoms with Crippen LogP contribution < -0.4 is 10.2 Å². The molecule has 0 aliphatic heterocycles. The Labute approximate surface area is 133 Å². The van der Waals surface area contributed by atoms with Crippen LogP contribution in [0.3, 0.4) is 0 Å². The summed E-state index contributed by atoms with van der Waals surface area (Å²) in [5.41, 5.74) is 3.64. The van der Waals surface area contributed by atoms with Crippen LogP contribution in [0.4, 0.5) is 5.69 Å². The minimum Gasteiger partial charge on any atom is -0.378 e. The van der Waals surface area contributed by atoms with E-state index in [2.05, 4.69) is 89.2 Å². The maximum Gasteiger partial charge on any atom is 0.0439 e. The lowest BCUT2D eigenvalue weighted by Crippen LogP contribution is -2.20. The van der Waals surface area contributed by atoms with E-state index in [1.807, 2.05) is 21.1 Å². The molecule has 0 aromatic heterocycles. The van der Waals surface area contributed by atoms with Gasteiger partial charge < -0.3 is 10.2 Å². The van der Waals surface area contributed by atoms with E-state index in [0.717, 1.165) is 0 Å². The molecule has 0 heterocycles. The fourth-order valence-corrected chi connectivity index (χ4v) is 2.13. The van der Waals surface area contributed by atoms with Gasteiger partial charge in [0.1, 0.15) is 0 Å². The summed E-state index contributed by atoms with van der Waals surface area (Å²) in [5.74, 6) is 0. The minimum absolute atomic E-state index is 0.353. The van der Waals surface area contributed by atoms with Crippen LogP contribution in [-0.2, 0) is 0 Å². The van der Waals surface area contributed by atoms with Gasteiger partial charge in [-0.3, -0.25) is 0 Å². The van der Waals surface area contributed by atoms with E-state index in [0.29, 0.717) is 6.04 Å². The highest BCUT2D eigenvalue weighted by molar-refractivity contribution is 5.56. The van der Waals surface area contributed by atoms with E-state index >= 15 is 0 Å². The molecule has 0 bridgehead atoms. The molecule has 1 aromatic rings. The van der Waals surface area contributed by atoms with Crippen molar-refractivity contribution < 1.29 is 0 Å². The Morgan fingerprint density at radius 2 is 1.64 bits per heavy atom. The summed E-state index contributed by atoms with van der Waals surface area (Å²) in [6.45, 7) is 0. The van der Waals surface area contributed by atoms with Crippen LogP contribution in [0.1, 0.15) is 5.56 Å². The fraction of sp³-hybridized carbons (Fsp3) is 0.200. The molecule has 0 saturated carbocycles. The Balaban J connectivity index is 1.88. The first-order chi connectivity index (χ1) is 10.7. The number of nitrogens with zero attached hydrogens (tertiary/aromatic N) is 1. The Morgan fingerprint density at radius 1 is 0.955 bits per heavy atom. The molecule has 0 amide bonds. The third-order valence-electron chi connectivity index (χ3n) is 3.53. The van der Waals surface area contributed by atoms with Crippen molar-refractivity contribution in [2.75, 3.05) is 26.0 Å². The average Bonchev–Trinajstić information content (AvgIpc) is 2.55. The van der Waals surface area contributed by atoms with Gasteiger partial charge in [0.15, 0.2) is 0 Å². The highest BCUT2D eigenvalue weighted by Gasteiger charge is 1.99. The smallest absolute Gasteiger partial charge is 0.0439 e. The van der Waals surface area contributed by atoms with Crippen LogP contribution in [0.2, 0.25) is 0 Å². The van der Waals surface area contributed by atoms with Crippen molar-refractivity contribution >= 4 is 11.8 Å². The van der Waals surface area contributed by atoms with Gasteiger partial charge >= 0.3 is 0 Å². The summed E-state index contributed by atoms with van der Waals surface area (Å²) in [4.78, 5) is 2.10. The van der Waals surface area contributed by atoms with E-state index < -0.39 is 0 Å². The van der Waals surface area contributed by atoms with Crippen molar-refractivity contribution in [1.82, 2.24) is 5.32 Å². The molecule has 0 saturated heterocycles. The molecule has 0 fully saturated rings. The van der Waals surface area contributed by atoms with Gasteiger partial charge in [-0.2, -0.15) is 0 Å². The largest absolute Gasteiger partial charge is 0.378 e. The molecule has 114 valence electrons. The zero-order chi connectivity index (χ0) is 15.8. The highest BCUT2D eigenvalue weighted by Crippen LogP contribution is 2.13. The average molecular weight is 292 g/mol. The molecule has 22 heavy (non-hydrogen) atoms. The van der Waals surface area contributed by atoms with E-state index in [9.17, 15) is 0 Å². The van der Waals surface area contributed by atoms with Gasteiger partial charge in [-0.05, 0) is 30.3 Å². The number of nitrogens with one attached hydrogen (secondary N) is 1. The van der Waals surface area contributed by atoms with Gasteiger partial charge in [0.2, 0.25) is 0 Å². The first-order valence-corrected chi connectivity index (χ1v) is 7.55. The van der Waals surface area contributed by atoms with Crippen molar-refractivity contribution in [3.05, 3.63) is 84.0 Å². The summed E-state index contributed by atoms with van der Waals surface area (Å²) in [6, 6.07) is 8.86. The summed E-state index contributed by atoms with van der Waals surface area (Å²) in [6.07, 6.45) is 19.0. The van der Waals surface area contributed by atoms with E-state index in [1.165, 1.54) is 16.8 Å². The fourth-order valence-electron chi connectivity index (χ4n) is 2.13. The second kappa shape index (κ2) is 8.20. The number of allylic oxidation sites excluding steroid dienone is 7. The van der Waals surface area contributed by atoms with Gasteiger partial charge in [-0.15, -0.1) is 0 Å². The van der Waals surface area contributed by atoms with Crippen molar-refractivity contribution in [1.29, 1.82) is 0 Å². The standard InChI is InChI=1S/C20H24N2/c1-21-19-13-9-17(10-14-19)7-5-4-6-8-18-11-15-20(16-12-18)22(2)3/h4-16,19,21H,1-3H3/b5-4+,8-6+,17-7?. The molecule has 2 rings (SSSR count). The van der Waals surface area contributed by atoms with Gasteiger partial charge in [0, 0.05) is 25.8 Å². The van der Waals surface area contributed by atoms with Crippen molar-refractivity contribution in [3.8, 4) is 0 Å². The maximum atomic E-state index is 3.20. The molecule has 2 nitrogen and oxygen atoms in total. The topological polar surface area (TPSA) is 15.3 Å². The van der Waals surface area contributed by atoms with Crippen LogP contribution >= 0.6 is 0 Å². The molecule has 0 atom stereocenters. The lowest BCUT2D eigenvalue weighted by atomic mass is 10.1. The lowest BCUT2D eigenvalue weighted by Gasteiger charge is -2.11. The highest BCUT2D eigenvalue weighted by atomic mass is 15.1. The molecule has 1 aliphatic carbocycles. The first kappa shape index (κ1) is 16.1. The second-order valence-corrected chi connectivity index (χ2v) is 5.43.